The molecule has 1 aliphatic heterocycles. The summed E-state index contributed by atoms with van der Waals surface area (Å²) in [6, 6.07) is 17.2. The standard InChI is InChI=1S/C20H25ClN2/c1-16(19-7-3-4-8-20(19)21)22-15-17-9-11-18(12-10-17)23-13-5-2-6-14-23/h3-4,7-12,16,22H,2,5-6,13-15H2,1H3. The average Bonchev–Trinajstić information content (AvgIpc) is 2.61. The van der Waals surface area contributed by atoms with Gasteiger partial charge in [-0.2, -0.15) is 0 Å². The van der Waals surface area contributed by atoms with Crippen molar-refractivity contribution < 1.29 is 0 Å². The van der Waals surface area contributed by atoms with Gasteiger partial charge in [0.25, 0.3) is 0 Å². The fourth-order valence-corrected chi connectivity index (χ4v) is 3.48. The Morgan fingerprint density at radius 1 is 1.00 bits per heavy atom. The van der Waals surface area contributed by atoms with Crippen molar-refractivity contribution in [3.05, 3.63) is 64.7 Å². The van der Waals surface area contributed by atoms with Crippen molar-refractivity contribution in [1.29, 1.82) is 0 Å². The predicted molar refractivity (Wildman–Crippen MR) is 99.2 cm³/mol. The number of halogens is 1. The molecule has 0 aromatic heterocycles. The van der Waals surface area contributed by atoms with Gasteiger partial charge in [-0.1, -0.05) is 41.9 Å². The van der Waals surface area contributed by atoms with E-state index in [9.17, 15) is 0 Å². The minimum atomic E-state index is 0.241. The van der Waals surface area contributed by atoms with Gasteiger partial charge in [-0.3, -0.25) is 0 Å². The van der Waals surface area contributed by atoms with Crippen LogP contribution in [0.5, 0.6) is 0 Å². The molecule has 1 unspecified atom stereocenters. The number of anilines is 1. The third-order valence-electron chi connectivity index (χ3n) is 4.64. The van der Waals surface area contributed by atoms with E-state index in [1.807, 2.05) is 18.2 Å². The number of rotatable bonds is 5. The van der Waals surface area contributed by atoms with E-state index in [1.54, 1.807) is 0 Å². The highest BCUT2D eigenvalue weighted by molar-refractivity contribution is 6.31. The van der Waals surface area contributed by atoms with Crippen LogP contribution in [0.4, 0.5) is 5.69 Å². The van der Waals surface area contributed by atoms with Gasteiger partial charge in [0.1, 0.15) is 0 Å². The summed E-state index contributed by atoms with van der Waals surface area (Å²) in [5.74, 6) is 0. The van der Waals surface area contributed by atoms with Crippen LogP contribution >= 0.6 is 11.6 Å². The van der Waals surface area contributed by atoms with Crippen LogP contribution in [-0.2, 0) is 6.54 Å². The van der Waals surface area contributed by atoms with Crippen molar-refractivity contribution in [2.75, 3.05) is 18.0 Å². The van der Waals surface area contributed by atoms with Crippen molar-refractivity contribution >= 4 is 17.3 Å². The lowest BCUT2D eigenvalue weighted by Gasteiger charge is -2.29. The van der Waals surface area contributed by atoms with Crippen molar-refractivity contribution in [3.63, 3.8) is 0 Å². The molecule has 1 saturated heterocycles. The van der Waals surface area contributed by atoms with Crippen LogP contribution in [0, 0.1) is 0 Å². The molecule has 2 aromatic rings. The molecule has 0 spiro atoms. The Kier molecular flexibility index (Phi) is 5.58. The maximum atomic E-state index is 6.26. The normalized spacial score (nSPS) is 16.3. The van der Waals surface area contributed by atoms with Crippen LogP contribution < -0.4 is 10.2 Å². The first-order valence-electron chi connectivity index (χ1n) is 8.56. The zero-order valence-electron chi connectivity index (χ0n) is 13.8. The Labute approximate surface area is 144 Å². The van der Waals surface area contributed by atoms with Crippen molar-refractivity contribution in [1.82, 2.24) is 5.32 Å². The number of hydrogen-bond donors (Lipinski definition) is 1. The van der Waals surface area contributed by atoms with Gasteiger partial charge in [0.15, 0.2) is 0 Å². The van der Waals surface area contributed by atoms with Gasteiger partial charge in [0.2, 0.25) is 0 Å². The third-order valence-corrected chi connectivity index (χ3v) is 4.99. The van der Waals surface area contributed by atoms with E-state index in [2.05, 4.69) is 47.5 Å². The number of nitrogens with zero attached hydrogens (tertiary/aromatic N) is 1. The Morgan fingerprint density at radius 2 is 1.70 bits per heavy atom. The Balaban J connectivity index is 1.57. The molecule has 3 heteroatoms. The van der Waals surface area contributed by atoms with Gasteiger partial charge in [0, 0.05) is 36.4 Å². The minimum Gasteiger partial charge on any atom is -0.372 e. The molecule has 2 nitrogen and oxygen atoms in total. The zero-order valence-corrected chi connectivity index (χ0v) is 14.5. The fraction of sp³-hybridized carbons (Fsp3) is 0.400. The Hall–Kier alpha value is -1.51. The number of piperidine rings is 1. The van der Waals surface area contributed by atoms with Crippen molar-refractivity contribution in [3.8, 4) is 0 Å². The van der Waals surface area contributed by atoms with E-state index >= 15 is 0 Å². The highest BCUT2D eigenvalue weighted by atomic mass is 35.5. The van der Waals surface area contributed by atoms with E-state index in [0.717, 1.165) is 17.1 Å². The summed E-state index contributed by atoms with van der Waals surface area (Å²) in [6.07, 6.45) is 4.01. The lowest BCUT2D eigenvalue weighted by molar-refractivity contribution is 0.573. The molecular weight excluding hydrogens is 304 g/mol. The van der Waals surface area contributed by atoms with Gasteiger partial charge in [-0.25, -0.2) is 0 Å². The Bertz CT molecular complexity index is 618. The molecule has 23 heavy (non-hydrogen) atoms. The van der Waals surface area contributed by atoms with E-state index in [1.165, 1.54) is 43.6 Å². The van der Waals surface area contributed by atoms with Gasteiger partial charge in [-0.05, 0) is 55.5 Å². The van der Waals surface area contributed by atoms with Crippen LogP contribution in [0.25, 0.3) is 0 Å². The molecule has 1 fully saturated rings. The van der Waals surface area contributed by atoms with Crippen molar-refractivity contribution in [2.24, 2.45) is 0 Å². The number of benzene rings is 2. The second-order valence-corrected chi connectivity index (χ2v) is 6.75. The molecule has 0 saturated carbocycles. The van der Waals surface area contributed by atoms with E-state index in [-0.39, 0.29) is 6.04 Å². The van der Waals surface area contributed by atoms with Gasteiger partial charge < -0.3 is 10.2 Å². The molecule has 2 aromatic carbocycles. The molecule has 122 valence electrons. The molecule has 1 aliphatic rings. The second-order valence-electron chi connectivity index (χ2n) is 6.34. The summed E-state index contributed by atoms with van der Waals surface area (Å²) in [6.45, 7) is 5.40. The maximum absolute atomic E-state index is 6.26. The molecular formula is C20H25ClN2. The van der Waals surface area contributed by atoms with Gasteiger partial charge >= 0.3 is 0 Å². The SMILES string of the molecule is CC(NCc1ccc(N2CCCCC2)cc1)c1ccccc1Cl. The second kappa shape index (κ2) is 7.85. The highest BCUT2D eigenvalue weighted by Crippen LogP contribution is 2.23. The van der Waals surface area contributed by atoms with E-state index in [4.69, 9.17) is 11.6 Å². The number of hydrogen-bond acceptors (Lipinski definition) is 2. The average molecular weight is 329 g/mol. The van der Waals surface area contributed by atoms with Crippen LogP contribution in [0.3, 0.4) is 0 Å². The lowest BCUT2D eigenvalue weighted by atomic mass is 10.1. The van der Waals surface area contributed by atoms with Crippen molar-refractivity contribution in [2.45, 2.75) is 38.8 Å². The highest BCUT2D eigenvalue weighted by Gasteiger charge is 2.11. The summed E-state index contributed by atoms with van der Waals surface area (Å²) in [7, 11) is 0. The summed E-state index contributed by atoms with van der Waals surface area (Å²) < 4.78 is 0. The van der Waals surface area contributed by atoms with E-state index in [0.29, 0.717) is 0 Å². The topological polar surface area (TPSA) is 15.3 Å². The molecule has 0 aliphatic carbocycles. The minimum absolute atomic E-state index is 0.241. The number of nitrogens with one attached hydrogen (secondary N) is 1. The zero-order chi connectivity index (χ0) is 16.1. The first kappa shape index (κ1) is 16.4. The molecule has 0 bridgehead atoms. The maximum Gasteiger partial charge on any atom is 0.0453 e. The lowest BCUT2D eigenvalue weighted by Crippen LogP contribution is -2.29. The first-order valence-corrected chi connectivity index (χ1v) is 8.93. The quantitative estimate of drug-likeness (QED) is 0.813. The van der Waals surface area contributed by atoms with Gasteiger partial charge in [0.05, 0.1) is 0 Å². The fourth-order valence-electron chi connectivity index (χ4n) is 3.18. The van der Waals surface area contributed by atoms with E-state index < -0.39 is 0 Å². The summed E-state index contributed by atoms with van der Waals surface area (Å²) in [5, 5.41) is 4.38. The summed E-state index contributed by atoms with van der Waals surface area (Å²) in [5.41, 5.74) is 3.82. The molecule has 1 heterocycles. The summed E-state index contributed by atoms with van der Waals surface area (Å²) in [4.78, 5) is 2.49. The van der Waals surface area contributed by atoms with Crippen LogP contribution in [0.1, 0.15) is 43.4 Å². The molecule has 1 atom stereocenters. The smallest absolute Gasteiger partial charge is 0.0453 e. The molecule has 3 rings (SSSR count). The molecule has 1 N–H and O–H groups in total. The molecule has 0 amide bonds. The largest absolute Gasteiger partial charge is 0.372 e. The molecule has 0 radical (unpaired) electrons. The summed E-state index contributed by atoms with van der Waals surface area (Å²) >= 11 is 6.26. The third kappa shape index (κ3) is 4.27. The first-order chi connectivity index (χ1) is 11.2. The van der Waals surface area contributed by atoms with Crippen LogP contribution in [-0.4, -0.2) is 13.1 Å². The Morgan fingerprint density at radius 3 is 2.39 bits per heavy atom. The predicted octanol–water partition coefficient (Wildman–Crippen LogP) is 5.18. The van der Waals surface area contributed by atoms with Gasteiger partial charge in [-0.15, -0.1) is 0 Å². The monoisotopic (exact) mass is 328 g/mol. The van der Waals surface area contributed by atoms with Crippen LogP contribution in [0.15, 0.2) is 48.5 Å². The van der Waals surface area contributed by atoms with Crippen LogP contribution in [0.2, 0.25) is 5.02 Å².